The fraction of sp³-hybridized carbons (Fsp3) is 0. The normalized spacial score (nSPS) is 10.4. The third-order valence-corrected chi connectivity index (χ3v) is 4.67. The molecule has 3 aromatic carbocycles. The van der Waals surface area contributed by atoms with Crippen LogP contribution in [0.1, 0.15) is 20.7 Å². The van der Waals surface area contributed by atoms with E-state index < -0.39 is 11.9 Å². The monoisotopic (exact) mass is 418 g/mol. The van der Waals surface area contributed by atoms with E-state index in [9.17, 15) is 9.59 Å². The number of carbonyl (C=O) groups excluding carboxylic acids is 1. The molecule has 27 heavy (non-hydrogen) atoms. The molecule has 0 heterocycles. The number of amides is 1. The van der Waals surface area contributed by atoms with Crippen LogP contribution in [0.4, 0.5) is 5.69 Å². The zero-order valence-corrected chi connectivity index (χ0v) is 16.0. The number of rotatable bonds is 3. The Morgan fingerprint density at radius 1 is 0.926 bits per heavy atom. The number of carboxylic acid groups (broad SMARTS) is 1. The average Bonchev–Trinajstić information content (AvgIpc) is 2.63. The summed E-state index contributed by atoms with van der Waals surface area (Å²) in [6.07, 6.45) is 0. The zero-order valence-electron chi connectivity index (χ0n) is 13.6. The smallest absolute Gasteiger partial charge is 0.335 e. The van der Waals surface area contributed by atoms with E-state index in [2.05, 4.69) is 10.6 Å². The standard InChI is InChI=1S/C19H12Cl2N2O3S/c20-14-6-2-3-11-12(14)4-1-5-13(11)17(24)23-19(27)22-16-9-10(18(25)26)7-8-15(16)21/h1-9H,(H,25,26)(H2,22,23,24,27). The van der Waals surface area contributed by atoms with Crippen LogP contribution in [0.2, 0.25) is 10.0 Å². The zero-order chi connectivity index (χ0) is 19.6. The second kappa shape index (κ2) is 7.92. The van der Waals surface area contributed by atoms with E-state index in [1.54, 1.807) is 30.3 Å². The number of hydrogen-bond acceptors (Lipinski definition) is 3. The lowest BCUT2D eigenvalue weighted by molar-refractivity contribution is 0.0696. The van der Waals surface area contributed by atoms with Crippen LogP contribution in [0.15, 0.2) is 54.6 Å². The van der Waals surface area contributed by atoms with Gasteiger partial charge in [-0.15, -0.1) is 0 Å². The third kappa shape index (κ3) is 4.19. The Labute approximate surface area is 169 Å². The minimum atomic E-state index is -1.10. The summed E-state index contributed by atoms with van der Waals surface area (Å²) in [4.78, 5) is 23.7. The van der Waals surface area contributed by atoms with Gasteiger partial charge in [0.25, 0.3) is 5.91 Å². The number of fused-ring (bicyclic) bond motifs is 1. The molecule has 0 aromatic heterocycles. The number of hydrogen-bond donors (Lipinski definition) is 3. The highest BCUT2D eigenvalue weighted by Gasteiger charge is 2.14. The van der Waals surface area contributed by atoms with Crippen LogP contribution in [0.25, 0.3) is 10.8 Å². The molecule has 0 aliphatic carbocycles. The molecule has 1 amide bonds. The first-order valence-corrected chi connectivity index (χ1v) is 8.85. The van der Waals surface area contributed by atoms with Crippen molar-refractivity contribution in [1.29, 1.82) is 0 Å². The van der Waals surface area contributed by atoms with Crippen LogP contribution >= 0.6 is 35.4 Å². The first-order valence-electron chi connectivity index (χ1n) is 7.69. The van der Waals surface area contributed by atoms with Gasteiger partial charge >= 0.3 is 5.97 Å². The third-order valence-electron chi connectivity index (χ3n) is 3.80. The summed E-state index contributed by atoms with van der Waals surface area (Å²) >= 11 is 17.4. The lowest BCUT2D eigenvalue weighted by Gasteiger charge is -2.13. The number of aromatic carboxylic acids is 1. The molecule has 0 spiro atoms. The number of anilines is 1. The predicted molar refractivity (Wildman–Crippen MR) is 111 cm³/mol. The highest BCUT2D eigenvalue weighted by atomic mass is 35.5. The molecule has 3 N–H and O–H groups in total. The Hall–Kier alpha value is -2.67. The molecular weight excluding hydrogens is 407 g/mol. The van der Waals surface area contributed by atoms with Crippen molar-refractivity contribution >= 4 is 68.9 Å². The second-order valence-electron chi connectivity index (χ2n) is 5.55. The molecule has 0 saturated carbocycles. The number of nitrogens with one attached hydrogen (secondary N) is 2. The van der Waals surface area contributed by atoms with Crippen molar-refractivity contribution in [3.8, 4) is 0 Å². The molecule has 0 saturated heterocycles. The lowest BCUT2D eigenvalue weighted by atomic mass is 10.0. The van der Waals surface area contributed by atoms with Crippen LogP contribution in [0.3, 0.4) is 0 Å². The van der Waals surface area contributed by atoms with Gasteiger partial charge in [-0.3, -0.25) is 10.1 Å². The first kappa shape index (κ1) is 19.1. The van der Waals surface area contributed by atoms with Gasteiger partial charge in [0, 0.05) is 16.0 Å². The number of carbonyl (C=O) groups is 2. The number of carboxylic acids is 1. The predicted octanol–water partition coefficient (Wildman–Crippen LogP) is 4.97. The summed E-state index contributed by atoms with van der Waals surface area (Å²) in [5.74, 6) is -1.52. The fourth-order valence-electron chi connectivity index (χ4n) is 2.55. The quantitative estimate of drug-likeness (QED) is 0.523. The lowest BCUT2D eigenvalue weighted by Crippen LogP contribution is -2.34. The van der Waals surface area contributed by atoms with Gasteiger partial charge in [0.05, 0.1) is 16.3 Å². The Kier molecular flexibility index (Phi) is 5.60. The van der Waals surface area contributed by atoms with Crippen LogP contribution in [-0.4, -0.2) is 22.1 Å². The topological polar surface area (TPSA) is 78.4 Å². The minimum absolute atomic E-state index is 0.0107. The molecule has 0 bridgehead atoms. The molecular formula is C19H12Cl2N2O3S. The van der Waals surface area contributed by atoms with E-state index in [0.29, 0.717) is 16.0 Å². The molecule has 5 nitrogen and oxygen atoms in total. The summed E-state index contributed by atoms with van der Waals surface area (Å²) in [5, 5.41) is 16.6. The van der Waals surface area contributed by atoms with Gasteiger partial charge in [0.2, 0.25) is 0 Å². The maximum absolute atomic E-state index is 12.6. The van der Waals surface area contributed by atoms with Crippen molar-refractivity contribution in [2.75, 3.05) is 5.32 Å². The highest BCUT2D eigenvalue weighted by molar-refractivity contribution is 7.80. The molecule has 0 fully saturated rings. The van der Waals surface area contributed by atoms with Crippen molar-refractivity contribution in [3.05, 3.63) is 75.8 Å². The summed E-state index contributed by atoms with van der Waals surface area (Å²) in [6, 6.07) is 14.6. The molecule has 3 rings (SSSR count). The second-order valence-corrected chi connectivity index (χ2v) is 6.77. The van der Waals surface area contributed by atoms with Crippen molar-refractivity contribution in [1.82, 2.24) is 5.32 Å². The average molecular weight is 419 g/mol. The van der Waals surface area contributed by atoms with Gasteiger partial charge < -0.3 is 10.4 Å². The first-order chi connectivity index (χ1) is 12.9. The molecule has 0 aliphatic rings. The summed E-state index contributed by atoms with van der Waals surface area (Å²) in [6.45, 7) is 0. The largest absolute Gasteiger partial charge is 0.478 e. The fourth-order valence-corrected chi connectivity index (χ4v) is 3.15. The molecule has 0 unspecified atom stereocenters. The van der Waals surface area contributed by atoms with Crippen molar-refractivity contribution in [2.24, 2.45) is 0 Å². The van der Waals surface area contributed by atoms with Crippen LogP contribution in [0.5, 0.6) is 0 Å². The maximum atomic E-state index is 12.6. The Bertz CT molecular complexity index is 1090. The highest BCUT2D eigenvalue weighted by Crippen LogP contribution is 2.26. The van der Waals surface area contributed by atoms with E-state index in [0.717, 1.165) is 5.39 Å². The molecule has 8 heteroatoms. The van der Waals surface area contributed by atoms with Crippen LogP contribution < -0.4 is 10.6 Å². The van der Waals surface area contributed by atoms with Crippen LogP contribution in [-0.2, 0) is 0 Å². The van der Waals surface area contributed by atoms with E-state index in [4.69, 9.17) is 40.5 Å². The van der Waals surface area contributed by atoms with Gasteiger partial charge in [-0.1, -0.05) is 47.5 Å². The Morgan fingerprint density at radius 2 is 1.63 bits per heavy atom. The molecule has 3 aromatic rings. The van der Waals surface area contributed by atoms with E-state index in [1.165, 1.54) is 18.2 Å². The van der Waals surface area contributed by atoms with Gasteiger partial charge in [0.15, 0.2) is 5.11 Å². The minimum Gasteiger partial charge on any atom is -0.478 e. The van der Waals surface area contributed by atoms with E-state index in [-0.39, 0.29) is 21.4 Å². The maximum Gasteiger partial charge on any atom is 0.335 e. The number of halogens is 2. The number of thiocarbonyl (C=S) groups is 1. The Morgan fingerprint density at radius 3 is 2.37 bits per heavy atom. The van der Waals surface area contributed by atoms with Crippen molar-refractivity contribution in [2.45, 2.75) is 0 Å². The number of benzene rings is 3. The van der Waals surface area contributed by atoms with Gasteiger partial charge in [-0.25, -0.2) is 4.79 Å². The SMILES string of the molecule is O=C(O)c1ccc(Cl)c(NC(=S)NC(=O)c2cccc3c(Cl)cccc23)c1. The van der Waals surface area contributed by atoms with Crippen LogP contribution in [0, 0.1) is 0 Å². The van der Waals surface area contributed by atoms with Crippen molar-refractivity contribution in [3.63, 3.8) is 0 Å². The van der Waals surface area contributed by atoms with Crippen molar-refractivity contribution < 1.29 is 14.7 Å². The molecule has 0 atom stereocenters. The summed E-state index contributed by atoms with van der Waals surface area (Å²) in [5.41, 5.74) is 0.729. The van der Waals surface area contributed by atoms with Gasteiger partial charge in [-0.2, -0.15) is 0 Å². The Balaban J connectivity index is 1.81. The van der Waals surface area contributed by atoms with Gasteiger partial charge in [0.1, 0.15) is 0 Å². The molecule has 136 valence electrons. The molecule has 0 aliphatic heterocycles. The van der Waals surface area contributed by atoms with E-state index >= 15 is 0 Å². The summed E-state index contributed by atoms with van der Waals surface area (Å²) in [7, 11) is 0. The summed E-state index contributed by atoms with van der Waals surface area (Å²) < 4.78 is 0. The van der Waals surface area contributed by atoms with E-state index in [1.807, 2.05) is 6.07 Å². The molecule has 0 radical (unpaired) electrons. The van der Waals surface area contributed by atoms with Gasteiger partial charge in [-0.05, 0) is 47.9 Å².